The normalized spacial score (nSPS) is 13.2. The van der Waals surface area contributed by atoms with Gasteiger partial charge in [-0.15, -0.1) is 0 Å². The fourth-order valence-electron chi connectivity index (χ4n) is 16.7. The van der Waals surface area contributed by atoms with Crippen LogP contribution in [0.2, 0.25) is 0 Å². The summed E-state index contributed by atoms with van der Waals surface area (Å²) in [6.45, 7) is 9.41. The largest absolute Gasteiger partial charge is 0.256 e. The molecule has 0 saturated heterocycles. The maximum absolute atomic E-state index is 5.38. The van der Waals surface area contributed by atoms with Gasteiger partial charge in [-0.05, 0) is 151 Å². The molecule has 0 bridgehead atoms. The molecule has 0 saturated carbocycles. The molecule has 0 unspecified atom stereocenters. The highest BCUT2D eigenvalue weighted by Gasteiger charge is 2.41. The Balaban J connectivity index is 0.000000139. The van der Waals surface area contributed by atoms with Crippen LogP contribution in [0.25, 0.3) is 176 Å². The Kier molecular flexibility index (Phi) is 13.5. The molecule has 4 aromatic heterocycles. The van der Waals surface area contributed by atoms with Crippen molar-refractivity contribution in [3.8, 4) is 101 Å². The smallest absolute Gasteiger partial charge is 0.159 e. The summed E-state index contributed by atoms with van der Waals surface area (Å²) in [5, 5.41) is 14.6. The van der Waals surface area contributed by atoms with Crippen molar-refractivity contribution in [1.82, 2.24) is 24.9 Å². The van der Waals surface area contributed by atoms with Crippen LogP contribution in [0.3, 0.4) is 0 Å². The molecule has 0 amide bonds. The van der Waals surface area contributed by atoms with E-state index in [4.69, 9.17) is 15.0 Å². The van der Waals surface area contributed by atoms with Crippen LogP contribution in [-0.2, 0) is 10.8 Å². The fraction of sp³-hybridized carbons (Fsp3) is 0.0632. The van der Waals surface area contributed by atoms with Gasteiger partial charge in [0.2, 0.25) is 0 Å². The first-order chi connectivity index (χ1) is 49.1. The van der Waals surface area contributed by atoms with Crippen LogP contribution in [0.5, 0.6) is 0 Å². The summed E-state index contributed by atoms with van der Waals surface area (Å²) in [6.07, 6.45) is 5.54. The van der Waals surface area contributed by atoms with Gasteiger partial charge in [0.05, 0.1) is 28.1 Å². The Morgan fingerprint density at radius 3 is 1.08 bits per heavy atom. The van der Waals surface area contributed by atoms with Crippen molar-refractivity contribution in [2.24, 2.45) is 0 Å². The predicted octanol–water partition coefficient (Wildman–Crippen LogP) is 24.7. The molecular formula is C95H65N5. The number of pyridine rings is 3. The molecule has 0 fully saturated rings. The molecule has 5 heteroatoms. The quantitative estimate of drug-likeness (QED) is 0.149. The number of nitrogens with zero attached hydrogens (tertiary/aromatic N) is 5. The molecule has 4 heterocycles. The zero-order chi connectivity index (χ0) is 66.8. The molecule has 5 nitrogen and oxygen atoms in total. The Morgan fingerprint density at radius 2 is 0.620 bits per heavy atom. The summed E-state index contributed by atoms with van der Waals surface area (Å²) in [7, 11) is 0. The van der Waals surface area contributed by atoms with Crippen LogP contribution in [0.15, 0.2) is 322 Å². The van der Waals surface area contributed by atoms with Crippen LogP contribution in [-0.4, -0.2) is 24.9 Å². The third-order valence-corrected chi connectivity index (χ3v) is 21.5. The summed E-state index contributed by atoms with van der Waals surface area (Å²) in [5.74, 6) is 0.735. The Bertz CT molecular complexity index is 6370. The Morgan fingerprint density at radius 1 is 0.260 bits per heavy atom. The van der Waals surface area contributed by atoms with Gasteiger partial charge >= 0.3 is 0 Å². The second kappa shape index (κ2) is 23.0. The lowest BCUT2D eigenvalue weighted by atomic mass is 9.78. The molecule has 0 radical (unpaired) electrons. The van der Waals surface area contributed by atoms with Gasteiger partial charge in [0.1, 0.15) is 0 Å². The molecule has 0 spiro atoms. The van der Waals surface area contributed by atoms with Crippen LogP contribution < -0.4 is 0 Å². The molecular weight excluding hydrogens is 1210 g/mol. The van der Waals surface area contributed by atoms with E-state index in [0.29, 0.717) is 0 Å². The summed E-state index contributed by atoms with van der Waals surface area (Å²) in [5.41, 5.74) is 27.0. The summed E-state index contributed by atoms with van der Waals surface area (Å²) in [4.78, 5) is 24.5. The highest BCUT2D eigenvalue weighted by Crippen LogP contribution is 2.56. The highest BCUT2D eigenvalue weighted by molar-refractivity contribution is 6.18. The van der Waals surface area contributed by atoms with Gasteiger partial charge in [-0.3, -0.25) is 4.98 Å². The highest BCUT2D eigenvalue weighted by atomic mass is 14.9. The van der Waals surface area contributed by atoms with Crippen molar-refractivity contribution in [1.29, 1.82) is 0 Å². The minimum atomic E-state index is -0.198. The van der Waals surface area contributed by atoms with Crippen molar-refractivity contribution in [2.75, 3.05) is 0 Å². The van der Waals surface area contributed by atoms with Crippen LogP contribution >= 0.6 is 0 Å². The van der Waals surface area contributed by atoms with E-state index in [1.807, 2.05) is 12.3 Å². The Hall–Kier alpha value is -12.6. The first-order valence-corrected chi connectivity index (χ1v) is 34.5. The second-order valence-corrected chi connectivity index (χ2v) is 27.8. The van der Waals surface area contributed by atoms with Gasteiger partial charge in [-0.2, -0.15) is 0 Å². The first kappa shape index (κ1) is 58.8. The minimum absolute atomic E-state index is 0.194. The van der Waals surface area contributed by atoms with Gasteiger partial charge in [0, 0.05) is 67.8 Å². The van der Waals surface area contributed by atoms with Gasteiger partial charge in [-0.25, -0.2) is 19.9 Å². The van der Waals surface area contributed by atoms with Gasteiger partial charge in [0.25, 0.3) is 0 Å². The number of hydrogen-bond donors (Lipinski definition) is 0. The molecule has 0 aliphatic heterocycles. The molecule has 100 heavy (non-hydrogen) atoms. The van der Waals surface area contributed by atoms with E-state index in [0.717, 1.165) is 50.5 Å². The third kappa shape index (κ3) is 9.33. The van der Waals surface area contributed by atoms with E-state index in [9.17, 15) is 0 Å². The van der Waals surface area contributed by atoms with E-state index >= 15 is 0 Å². The molecule has 2 aliphatic carbocycles. The van der Waals surface area contributed by atoms with Crippen molar-refractivity contribution >= 4 is 75.7 Å². The van der Waals surface area contributed by atoms with Crippen molar-refractivity contribution < 1.29 is 0 Å². The minimum Gasteiger partial charge on any atom is -0.256 e. The number of hydrogen-bond acceptors (Lipinski definition) is 5. The molecule has 14 aromatic carbocycles. The maximum atomic E-state index is 5.38. The fourth-order valence-corrected chi connectivity index (χ4v) is 16.7. The van der Waals surface area contributed by atoms with Crippen LogP contribution in [0, 0.1) is 0 Å². The van der Waals surface area contributed by atoms with Crippen LogP contribution in [0.4, 0.5) is 0 Å². The lowest BCUT2D eigenvalue weighted by Crippen LogP contribution is -2.16. The predicted molar refractivity (Wildman–Crippen MR) is 418 cm³/mol. The summed E-state index contributed by atoms with van der Waals surface area (Å²) < 4.78 is 0. The molecule has 0 N–H and O–H groups in total. The van der Waals surface area contributed by atoms with Gasteiger partial charge in [0.15, 0.2) is 5.82 Å². The SMILES string of the molecule is CC1(C)c2ccccc2-c2nc3ccc4ccccc4c3c(-c3ccc(-c4ccc(-c5cc6ccccc6cn5)c5ccccc45)cc3)c21.CC1(C)c2ccccc2-c2nc3ccc4ccccc4c3c(-c3ccc(-c4ccc(-c5ccc(-c6ncccn6)cc5)c5ccccc45)cc3)c21. The van der Waals surface area contributed by atoms with E-state index in [2.05, 4.69) is 335 Å². The topological polar surface area (TPSA) is 64.5 Å². The van der Waals surface area contributed by atoms with E-state index in [-0.39, 0.29) is 10.8 Å². The number of aromatic nitrogens is 5. The lowest BCUT2D eigenvalue weighted by molar-refractivity contribution is 0.661. The number of fused-ring (bicyclic) bond motifs is 15. The van der Waals surface area contributed by atoms with E-state index in [1.165, 1.54) is 148 Å². The summed E-state index contributed by atoms with van der Waals surface area (Å²) in [6, 6.07) is 110. The van der Waals surface area contributed by atoms with E-state index < -0.39 is 0 Å². The zero-order valence-corrected chi connectivity index (χ0v) is 55.8. The molecule has 18 aromatic rings. The average molecular weight is 1280 g/mol. The third-order valence-electron chi connectivity index (χ3n) is 21.5. The molecule has 20 rings (SSSR count). The Labute approximate surface area is 580 Å². The molecule has 470 valence electrons. The zero-order valence-electron chi connectivity index (χ0n) is 55.8. The lowest BCUT2D eigenvalue weighted by Gasteiger charge is -2.26. The number of rotatable bonds is 7. The molecule has 0 atom stereocenters. The second-order valence-electron chi connectivity index (χ2n) is 27.8. The number of benzene rings is 14. The van der Waals surface area contributed by atoms with E-state index in [1.54, 1.807) is 12.4 Å². The van der Waals surface area contributed by atoms with Gasteiger partial charge in [-0.1, -0.05) is 307 Å². The van der Waals surface area contributed by atoms with Crippen molar-refractivity contribution in [3.63, 3.8) is 0 Å². The van der Waals surface area contributed by atoms with Crippen molar-refractivity contribution in [3.05, 3.63) is 344 Å². The first-order valence-electron chi connectivity index (χ1n) is 34.5. The van der Waals surface area contributed by atoms with Gasteiger partial charge < -0.3 is 0 Å². The average Bonchev–Trinajstić information content (AvgIpc) is 1.50. The monoisotopic (exact) mass is 1280 g/mol. The summed E-state index contributed by atoms with van der Waals surface area (Å²) >= 11 is 0. The standard InChI is InChI=1S/C48H33N3.C47H32N2/c1-48(2)41-15-8-7-14-40(41)46-45(48)43(44-37-11-4-3-10-30(37)24-27-42(44)51-46)33-20-16-31(17-21-33)35-25-26-36(39-13-6-5-12-38(35)39)32-18-22-34(23-19-32)47-49-28-9-29-50-47;1-47(2)40-18-10-9-17-39(40)46-45(47)43(44-35-14-6-5-11-29(35)23-26-41(44)49-46)31-21-19-30(20-22-31)34-24-25-38(37-16-8-7-15-36(34)37)42-27-32-12-3-4-13-33(32)28-48-42/h3-29H,1-2H3;3-28H,1-2H3. The maximum Gasteiger partial charge on any atom is 0.159 e. The van der Waals surface area contributed by atoms with Crippen molar-refractivity contribution in [2.45, 2.75) is 38.5 Å². The van der Waals surface area contributed by atoms with Crippen LogP contribution in [0.1, 0.15) is 49.9 Å². The molecule has 2 aliphatic rings.